The molecule has 0 N–H and O–H groups in total. The predicted octanol–water partition coefficient (Wildman–Crippen LogP) is 2.62. The molecular weight excluding hydrogens is 288 g/mol. The number of halogens is 1. The summed E-state index contributed by atoms with van der Waals surface area (Å²) in [4.78, 5) is 22.2. The molecule has 0 aliphatic heterocycles. The predicted molar refractivity (Wildman–Crippen MR) is 65.3 cm³/mol. The Morgan fingerprint density at radius 2 is 2.12 bits per heavy atom. The minimum atomic E-state index is -0.613. The van der Waals surface area contributed by atoms with Gasteiger partial charge in [-0.25, -0.2) is 0 Å². The zero-order chi connectivity index (χ0) is 12.8. The van der Waals surface area contributed by atoms with Crippen molar-refractivity contribution in [1.82, 2.24) is 0 Å². The van der Waals surface area contributed by atoms with E-state index in [-0.39, 0.29) is 6.42 Å². The van der Waals surface area contributed by atoms with E-state index in [4.69, 9.17) is 4.74 Å². The van der Waals surface area contributed by atoms with Gasteiger partial charge in [-0.05, 0) is 17.7 Å². The van der Waals surface area contributed by atoms with E-state index in [0.29, 0.717) is 0 Å². The van der Waals surface area contributed by atoms with E-state index in [1.807, 2.05) is 12.1 Å². The van der Waals surface area contributed by atoms with Crippen LogP contribution in [0.4, 0.5) is 0 Å². The van der Waals surface area contributed by atoms with Crippen LogP contribution in [0.2, 0.25) is 0 Å². The van der Waals surface area contributed by atoms with Gasteiger partial charge in [0, 0.05) is 11.4 Å². The van der Waals surface area contributed by atoms with E-state index in [1.165, 1.54) is 14.0 Å². The normalized spacial score (nSPS) is 11.7. The van der Waals surface area contributed by atoms with Crippen molar-refractivity contribution in [3.05, 3.63) is 34.3 Å². The van der Waals surface area contributed by atoms with Crippen LogP contribution in [0, 0.1) is 0 Å². The van der Waals surface area contributed by atoms with Crippen molar-refractivity contribution in [3.8, 4) is 0 Å². The lowest BCUT2D eigenvalue weighted by atomic mass is 10.1. The van der Waals surface area contributed by atoms with Crippen molar-refractivity contribution in [3.63, 3.8) is 0 Å². The first-order valence-electron chi connectivity index (χ1n) is 5.02. The molecule has 0 heterocycles. The number of ether oxygens (including phenoxy) is 2. The fraction of sp³-hybridized carbons (Fsp3) is 0.333. The highest BCUT2D eigenvalue weighted by molar-refractivity contribution is 9.10. The van der Waals surface area contributed by atoms with Crippen LogP contribution in [-0.2, 0) is 19.1 Å². The Morgan fingerprint density at radius 1 is 1.41 bits per heavy atom. The van der Waals surface area contributed by atoms with E-state index >= 15 is 0 Å². The number of carbonyl (C=O) groups excluding carboxylic acids is 2. The summed E-state index contributed by atoms with van der Waals surface area (Å²) in [5.74, 6) is -0.852. The number of carbonyl (C=O) groups is 2. The lowest BCUT2D eigenvalue weighted by Gasteiger charge is -2.16. The molecular formula is C12H13BrO4. The average Bonchev–Trinajstić information content (AvgIpc) is 2.27. The van der Waals surface area contributed by atoms with Crippen molar-refractivity contribution in [1.29, 1.82) is 0 Å². The maximum atomic E-state index is 11.2. The molecule has 0 amide bonds. The molecule has 4 nitrogen and oxygen atoms in total. The molecule has 0 aliphatic rings. The maximum absolute atomic E-state index is 11.2. The molecule has 1 aromatic rings. The Balaban J connectivity index is 2.89. The van der Waals surface area contributed by atoms with Gasteiger partial charge in [-0.3, -0.25) is 9.59 Å². The van der Waals surface area contributed by atoms with E-state index in [0.717, 1.165) is 10.0 Å². The van der Waals surface area contributed by atoms with Crippen molar-refractivity contribution < 1.29 is 19.1 Å². The first-order chi connectivity index (χ1) is 8.02. The topological polar surface area (TPSA) is 52.6 Å². The Hall–Kier alpha value is -1.36. The smallest absolute Gasteiger partial charge is 0.309 e. The minimum Gasteiger partial charge on any atom is -0.469 e. The average molecular weight is 301 g/mol. The van der Waals surface area contributed by atoms with Gasteiger partial charge >= 0.3 is 11.9 Å². The van der Waals surface area contributed by atoms with Gasteiger partial charge in [0.2, 0.25) is 0 Å². The molecule has 0 aliphatic carbocycles. The summed E-state index contributed by atoms with van der Waals surface area (Å²) in [5.41, 5.74) is 0.750. The third-order valence-corrected chi connectivity index (χ3v) is 2.60. The molecule has 0 aromatic heterocycles. The van der Waals surface area contributed by atoms with Gasteiger partial charge in [0.15, 0.2) is 0 Å². The Bertz CT molecular complexity index is 417. The first-order valence-corrected chi connectivity index (χ1v) is 5.81. The first kappa shape index (κ1) is 13.7. The summed E-state index contributed by atoms with van der Waals surface area (Å²) in [6, 6.07) is 7.26. The van der Waals surface area contributed by atoms with Gasteiger partial charge in [0.05, 0.1) is 13.5 Å². The van der Waals surface area contributed by atoms with E-state index in [9.17, 15) is 9.59 Å². The van der Waals surface area contributed by atoms with Crippen LogP contribution in [0.25, 0.3) is 0 Å². The largest absolute Gasteiger partial charge is 0.469 e. The summed E-state index contributed by atoms with van der Waals surface area (Å²) in [6.45, 7) is 1.31. The number of hydrogen-bond donors (Lipinski definition) is 0. The summed E-state index contributed by atoms with van der Waals surface area (Å²) < 4.78 is 10.5. The van der Waals surface area contributed by atoms with Crippen molar-refractivity contribution in [2.24, 2.45) is 0 Å². The van der Waals surface area contributed by atoms with Gasteiger partial charge in [-0.15, -0.1) is 0 Å². The van der Waals surface area contributed by atoms with E-state index in [2.05, 4.69) is 20.7 Å². The second-order valence-corrected chi connectivity index (χ2v) is 4.35. The van der Waals surface area contributed by atoms with Gasteiger partial charge in [0.1, 0.15) is 6.10 Å². The molecule has 1 rings (SSSR count). The summed E-state index contributed by atoms with van der Waals surface area (Å²) in [6.07, 6.45) is -0.607. The Kier molecular flexibility index (Phi) is 5.15. The molecule has 1 aromatic carbocycles. The van der Waals surface area contributed by atoms with Crippen LogP contribution in [0.5, 0.6) is 0 Å². The molecule has 1 unspecified atom stereocenters. The molecule has 0 saturated carbocycles. The summed E-state index contributed by atoms with van der Waals surface area (Å²) in [7, 11) is 1.30. The molecule has 17 heavy (non-hydrogen) atoms. The summed E-state index contributed by atoms with van der Waals surface area (Å²) >= 11 is 3.32. The number of benzene rings is 1. The molecule has 0 radical (unpaired) electrons. The molecule has 92 valence electrons. The zero-order valence-electron chi connectivity index (χ0n) is 9.60. The molecule has 5 heteroatoms. The SMILES string of the molecule is COC(=O)CC(OC(C)=O)c1cccc(Br)c1. The molecule has 1 atom stereocenters. The van der Waals surface area contributed by atoms with Gasteiger partial charge in [0.25, 0.3) is 0 Å². The highest BCUT2D eigenvalue weighted by Crippen LogP contribution is 2.24. The third kappa shape index (κ3) is 4.56. The standard InChI is InChI=1S/C12H13BrO4/c1-8(14)17-11(7-12(15)16-2)9-4-3-5-10(13)6-9/h3-6,11H,7H2,1-2H3. The van der Waals surface area contributed by atoms with Crippen LogP contribution >= 0.6 is 15.9 Å². The quantitative estimate of drug-likeness (QED) is 0.802. The molecule has 0 bridgehead atoms. The molecule has 0 fully saturated rings. The van der Waals surface area contributed by atoms with Crippen LogP contribution in [0.1, 0.15) is 25.0 Å². The van der Waals surface area contributed by atoms with E-state index in [1.54, 1.807) is 12.1 Å². The van der Waals surface area contributed by atoms with Crippen molar-refractivity contribution >= 4 is 27.9 Å². The van der Waals surface area contributed by atoms with Crippen molar-refractivity contribution in [2.45, 2.75) is 19.4 Å². The minimum absolute atomic E-state index is 0.00648. The van der Waals surface area contributed by atoms with Crippen LogP contribution in [0.15, 0.2) is 28.7 Å². The molecule has 0 saturated heterocycles. The third-order valence-electron chi connectivity index (χ3n) is 2.11. The number of hydrogen-bond acceptors (Lipinski definition) is 4. The lowest BCUT2D eigenvalue weighted by molar-refractivity contribution is -0.152. The maximum Gasteiger partial charge on any atom is 0.309 e. The lowest BCUT2D eigenvalue weighted by Crippen LogP contribution is -2.14. The Morgan fingerprint density at radius 3 is 2.65 bits per heavy atom. The molecule has 0 spiro atoms. The zero-order valence-corrected chi connectivity index (χ0v) is 11.2. The van der Waals surface area contributed by atoms with Crippen molar-refractivity contribution in [2.75, 3.05) is 7.11 Å². The second kappa shape index (κ2) is 6.39. The van der Waals surface area contributed by atoms with Crippen LogP contribution < -0.4 is 0 Å². The van der Waals surface area contributed by atoms with Gasteiger partial charge in [-0.2, -0.15) is 0 Å². The van der Waals surface area contributed by atoms with Crippen LogP contribution in [-0.4, -0.2) is 19.0 Å². The van der Waals surface area contributed by atoms with E-state index < -0.39 is 18.0 Å². The summed E-state index contributed by atoms with van der Waals surface area (Å²) in [5, 5.41) is 0. The Labute approximate surface area is 108 Å². The number of rotatable bonds is 4. The monoisotopic (exact) mass is 300 g/mol. The van der Waals surface area contributed by atoms with Gasteiger partial charge in [-0.1, -0.05) is 28.1 Å². The fourth-order valence-electron chi connectivity index (χ4n) is 1.37. The number of methoxy groups -OCH3 is 1. The van der Waals surface area contributed by atoms with Gasteiger partial charge < -0.3 is 9.47 Å². The highest BCUT2D eigenvalue weighted by Gasteiger charge is 2.19. The fourth-order valence-corrected chi connectivity index (χ4v) is 1.79. The highest BCUT2D eigenvalue weighted by atomic mass is 79.9. The second-order valence-electron chi connectivity index (χ2n) is 3.43. The number of esters is 2. The van der Waals surface area contributed by atoms with Crippen LogP contribution in [0.3, 0.4) is 0 Å².